The summed E-state index contributed by atoms with van der Waals surface area (Å²) in [4.78, 5) is 20.2. The third kappa shape index (κ3) is 2.70. The van der Waals surface area contributed by atoms with Gasteiger partial charge >= 0.3 is 0 Å². The molecule has 5 nitrogen and oxygen atoms in total. The van der Waals surface area contributed by atoms with E-state index in [1.54, 1.807) is 10.9 Å². The van der Waals surface area contributed by atoms with Crippen molar-refractivity contribution in [3.8, 4) is 0 Å². The van der Waals surface area contributed by atoms with Crippen molar-refractivity contribution in [1.82, 2.24) is 19.6 Å². The minimum Gasteiger partial charge on any atom is -0.334 e. The molecule has 2 atom stereocenters. The van der Waals surface area contributed by atoms with Crippen molar-refractivity contribution < 1.29 is 4.79 Å². The van der Waals surface area contributed by atoms with Crippen LogP contribution in [0.3, 0.4) is 0 Å². The Morgan fingerprint density at radius 3 is 2.83 bits per heavy atom. The first-order chi connectivity index (χ1) is 11.1. The number of likely N-dealkylation sites (tertiary alicyclic amines) is 2. The van der Waals surface area contributed by atoms with E-state index < -0.39 is 0 Å². The van der Waals surface area contributed by atoms with Crippen molar-refractivity contribution in [2.75, 3.05) is 13.1 Å². The van der Waals surface area contributed by atoms with Crippen LogP contribution >= 0.6 is 11.3 Å². The normalized spacial score (nSPS) is 24.3. The van der Waals surface area contributed by atoms with E-state index in [1.807, 2.05) is 24.6 Å². The maximum absolute atomic E-state index is 12.7. The van der Waals surface area contributed by atoms with E-state index in [4.69, 9.17) is 0 Å². The molecular weight excluding hydrogens is 308 g/mol. The average Bonchev–Trinajstić information content (AvgIpc) is 3.26. The molecule has 0 aliphatic carbocycles. The summed E-state index contributed by atoms with van der Waals surface area (Å²) in [7, 11) is 1.85. The van der Waals surface area contributed by atoms with Gasteiger partial charge < -0.3 is 4.90 Å². The van der Waals surface area contributed by atoms with Gasteiger partial charge in [0, 0.05) is 54.7 Å². The summed E-state index contributed by atoms with van der Waals surface area (Å²) >= 11 is 1.88. The summed E-state index contributed by atoms with van der Waals surface area (Å²) in [5.74, 6) is 0.138. The Hall–Kier alpha value is -1.66. The number of amides is 1. The van der Waals surface area contributed by atoms with Gasteiger partial charge in [0.15, 0.2) is 0 Å². The first-order valence-electron chi connectivity index (χ1n) is 8.21. The number of carbonyl (C=O) groups excluding carboxylic acids is 1. The van der Waals surface area contributed by atoms with Gasteiger partial charge in [0.2, 0.25) is 0 Å². The van der Waals surface area contributed by atoms with E-state index in [-0.39, 0.29) is 5.91 Å². The number of aromatic nitrogens is 2. The first-order valence-corrected chi connectivity index (χ1v) is 9.02. The summed E-state index contributed by atoms with van der Waals surface area (Å²) in [5, 5.41) is 4.13. The largest absolute Gasteiger partial charge is 0.334 e. The first kappa shape index (κ1) is 14.9. The number of thiophene rings is 1. The van der Waals surface area contributed by atoms with Crippen molar-refractivity contribution in [3.63, 3.8) is 0 Å². The van der Waals surface area contributed by atoms with Gasteiger partial charge in [-0.15, -0.1) is 11.3 Å². The van der Waals surface area contributed by atoms with E-state index >= 15 is 0 Å². The molecule has 122 valence electrons. The molecule has 2 aromatic heterocycles. The number of rotatable bonds is 3. The van der Waals surface area contributed by atoms with Crippen LogP contribution in [0.2, 0.25) is 0 Å². The molecule has 0 unspecified atom stereocenters. The van der Waals surface area contributed by atoms with Crippen molar-refractivity contribution in [2.24, 2.45) is 7.05 Å². The maximum atomic E-state index is 12.7. The van der Waals surface area contributed by atoms with Crippen molar-refractivity contribution in [2.45, 2.75) is 38.4 Å². The highest BCUT2D eigenvalue weighted by molar-refractivity contribution is 7.11. The van der Waals surface area contributed by atoms with Gasteiger partial charge in [-0.3, -0.25) is 14.4 Å². The van der Waals surface area contributed by atoms with Crippen LogP contribution in [-0.2, 0) is 13.6 Å². The zero-order chi connectivity index (χ0) is 16.0. The number of nitrogens with zero attached hydrogens (tertiary/aromatic N) is 4. The Morgan fingerprint density at radius 2 is 2.13 bits per heavy atom. The lowest BCUT2D eigenvalue weighted by atomic mass is 10.1. The maximum Gasteiger partial charge on any atom is 0.257 e. The van der Waals surface area contributed by atoms with Crippen LogP contribution in [0.5, 0.6) is 0 Å². The van der Waals surface area contributed by atoms with Crippen LogP contribution in [0, 0.1) is 6.92 Å². The lowest BCUT2D eigenvalue weighted by Gasteiger charge is -2.25. The van der Waals surface area contributed by atoms with Gasteiger partial charge in [0.05, 0.1) is 11.8 Å². The lowest BCUT2D eigenvalue weighted by Crippen LogP contribution is -2.39. The Bertz CT molecular complexity index is 722. The molecule has 0 spiro atoms. The molecule has 0 N–H and O–H groups in total. The number of aryl methyl sites for hydroxylation is 2. The predicted octanol–water partition coefficient (Wildman–Crippen LogP) is 2.28. The average molecular weight is 330 g/mol. The summed E-state index contributed by atoms with van der Waals surface area (Å²) in [6.45, 7) is 5.13. The summed E-state index contributed by atoms with van der Waals surface area (Å²) < 4.78 is 1.70. The second-order valence-electron chi connectivity index (χ2n) is 6.60. The molecule has 4 rings (SSSR count). The zero-order valence-electron chi connectivity index (χ0n) is 13.6. The van der Waals surface area contributed by atoms with Gasteiger partial charge in [-0.2, -0.15) is 5.10 Å². The van der Waals surface area contributed by atoms with Gasteiger partial charge in [-0.05, 0) is 31.9 Å². The zero-order valence-corrected chi connectivity index (χ0v) is 14.4. The van der Waals surface area contributed by atoms with Crippen molar-refractivity contribution in [1.29, 1.82) is 0 Å². The highest BCUT2D eigenvalue weighted by atomic mass is 32.1. The molecule has 4 heterocycles. The smallest absolute Gasteiger partial charge is 0.257 e. The van der Waals surface area contributed by atoms with E-state index in [0.717, 1.165) is 32.5 Å². The second kappa shape index (κ2) is 5.76. The lowest BCUT2D eigenvalue weighted by molar-refractivity contribution is 0.0732. The Labute approximate surface area is 140 Å². The fourth-order valence-electron chi connectivity index (χ4n) is 3.99. The molecule has 2 aliphatic rings. The quantitative estimate of drug-likeness (QED) is 0.867. The van der Waals surface area contributed by atoms with Crippen LogP contribution in [0.4, 0.5) is 0 Å². The Kier molecular flexibility index (Phi) is 3.73. The number of hydrogen-bond acceptors (Lipinski definition) is 4. The van der Waals surface area contributed by atoms with Gasteiger partial charge in [-0.25, -0.2) is 0 Å². The fourth-order valence-corrected chi connectivity index (χ4v) is 4.91. The minimum absolute atomic E-state index is 0.138. The standard InChI is InChI=1S/C17H22N4OS/c1-12-3-4-14(23-12)11-20-7-5-16-15(20)6-8-21(16)17(22)13-9-18-19(2)10-13/h3-4,9-10,15-16H,5-8,11H2,1-2H3/t15-,16+/m1/s1. The van der Waals surface area contributed by atoms with Crippen LogP contribution in [-0.4, -0.2) is 50.7 Å². The highest BCUT2D eigenvalue weighted by Gasteiger charge is 2.44. The predicted molar refractivity (Wildman–Crippen MR) is 90.5 cm³/mol. The number of carbonyl (C=O) groups is 1. The molecule has 2 fully saturated rings. The topological polar surface area (TPSA) is 41.4 Å². The summed E-state index contributed by atoms with van der Waals surface area (Å²) in [6.07, 6.45) is 5.66. The molecule has 0 saturated carbocycles. The van der Waals surface area contributed by atoms with Crippen LogP contribution in [0.25, 0.3) is 0 Å². The number of hydrogen-bond donors (Lipinski definition) is 0. The molecule has 0 bridgehead atoms. The molecule has 6 heteroatoms. The Balaban J connectivity index is 1.46. The molecule has 0 radical (unpaired) electrons. The molecular formula is C17H22N4OS. The number of fused-ring (bicyclic) bond motifs is 1. The molecule has 2 saturated heterocycles. The third-order valence-electron chi connectivity index (χ3n) is 5.06. The summed E-state index contributed by atoms with van der Waals surface area (Å²) in [6, 6.07) is 5.31. The fraction of sp³-hybridized carbons (Fsp3) is 0.529. The highest BCUT2D eigenvalue weighted by Crippen LogP contribution is 2.34. The van der Waals surface area contributed by atoms with Gasteiger partial charge in [-0.1, -0.05) is 0 Å². The van der Waals surface area contributed by atoms with E-state index in [0.29, 0.717) is 17.6 Å². The van der Waals surface area contributed by atoms with Crippen LogP contribution in [0.1, 0.15) is 33.0 Å². The van der Waals surface area contributed by atoms with Crippen molar-refractivity contribution >= 4 is 17.2 Å². The monoisotopic (exact) mass is 330 g/mol. The molecule has 1 amide bonds. The van der Waals surface area contributed by atoms with E-state index in [9.17, 15) is 4.79 Å². The SMILES string of the molecule is Cc1ccc(CN2CC[C@H]3[C@H]2CCN3C(=O)c2cnn(C)c2)s1. The van der Waals surface area contributed by atoms with Crippen LogP contribution < -0.4 is 0 Å². The second-order valence-corrected chi connectivity index (χ2v) is 7.97. The van der Waals surface area contributed by atoms with Crippen LogP contribution in [0.15, 0.2) is 24.5 Å². The van der Waals surface area contributed by atoms with E-state index in [1.165, 1.54) is 9.75 Å². The Morgan fingerprint density at radius 1 is 1.30 bits per heavy atom. The molecule has 2 aromatic rings. The van der Waals surface area contributed by atoms with E-state index in [2.05, 4.69) is 34.0 Å². The minimum atomic E-state index is 0.138. The molecule has 2 aliphatic heterocycles. The van der Waals surface area contributed by atoms with Crippen molar-refractivity contribution in [3.05, 3.63) is 39.8 Å². The van der Waals surface area contributed by atoms with Gasteiger partial charge in [0.25, 0.3) is 5.91 Å². The molecule has 23 heavy (non-hydrogen) atoms. The van der Waals surface area contributed by atoms with Gasteiger partial charge in [0.1, 0.15) is 0 Å². The molecule has 0 aromatic carbocycles. The summed E-state index contributed by atoms with van der Waals surface area (Å²) in [5.41, 5.74) is 0.709. The third-order valence-corrected chi connectivity index (χ3v) is 6.04.